The molecule has 3 fully saturated rings. The molecule has 14 heteroatoms. The summed E-state index contributed by atoms with van der Waals surface area (Å²) in [5.74, 6) is 0. The highest BCUT2D eigenvalue weighted by molar-refractivity contribution is 9.10. The van der Waals surface area contributed by atoms with Gasteiger partial charge in [-0.25, -0.2) is 17.6 Å². The van der Waals surface area contributed by atoms with Gasteiger partial charge in [-0.1, -0.05) is 52.3 Å². The minimum absolute atomic E-state index is 0.0118. The molecule has 3 aliphatic heterocycles. The molecule has 0 aromatic heterocycles. The van der Waals surface area contributed by atoms with Crippen LogP contribution in [-0.4, -0.2) is 54.7 Å². The van der Waals surface area contributed by atoms with Gasteiger partial charge in [0.2, 0.25) is 0 Å². The van der Waals surface area contributed by atoms with E-state index in [0.717, 1.165) is 0 Å². The Kier molecular flexibility index (Phi) is 11.7. The Morgan fingerprint density at radius 3 is 1.15 bits per heavy atom. The zero-order valence-corrected chi connectivity index (χ0v) is 30.4. The molecule has 3 aliphatic rings. The molecule has 0 saturated carbocycles. The van der Waals surface area contributed by atoms with E-state index in [2.05, 4.69) is 15.9 Å². The molecule has 2 aromatic rings. The standard InChI is InChI=1S/C13H17BF2O2.C12H24B2O4.C7H5BrF2/c1-12(2)13(3,4)18-14(17-12)10-7-5-6-9(8-10)11(15)16;1-9(2)10(3,4)16-13(15-9)14-17-11(5,6)12(7,8)18-14;8-6-3-1-2-5(4-6)7(9)10/h5-8,11H,1-4H3;1-8H3;1-4,7H. The molecule has 46 heavy (non-hydrogen) atoms. The second-order valence-electron chi connectivity index (χ2n) is 14.7. The van der Waals surface area contributed by atoms with Crippen molar-refractivity contribution >= 4 is 42.5 Å². The zero-order valence-electron chi connectivity index (χ0n) is 28.8. The van der Waals surface area contributed by atoms with Gasteiger partial charge in [-0.2, -0.15) is 0 Å². The molecule has 0 amide bonds. The predicted molar refractivity (Wildman–Crippen MR) is 178 cm³/mol. The van der Waals surface area contributed by atoms with Crippen LogP contribution in [-0.2, 0) is 27.9 Å². The molecule has 3 heterocycles. The Balaban J connectivity index is 0.000000196. The molecule has 0 radical (unpaired) electrons. The molecule has 0 N–H and O–H groups in total. The Bertz CT molecular complexity index is 1260. The smallest absolute Gasteiger partial charge is 0.405 e. The summed E-state index contributed by atoms with van der Waals surface area (Å²) < 4.78 is 85.3. The topological polar surface area (TPSA) is 55.4 Å². The first-order chi connectivity index (χ1) is 20.8. The third-order valence-corrected chi connectivity index (χ3v) is 10.0. The van der Waals surface area contributed by atoms with Gasteiger partial charge in [0.1, 0.15) is 0 Å². The van der Waals surface area contributed by atoms with Crippen molar-refractivity contribution < 1.29 is 45.5 Å². The molecule has 0 aliphatic carbocycles. The van der Waals surface area contributed by atoms with E-state index in [0.29, 0.717) is 9.94 Å². The Morgan fingerprint density at radius 2 is 0.826 bits per heavy atom. The van der Waals surface area contributed by atoms with Gasteiger partial charge in [0.25, 0.3) is 12.9 Å². The maximum absolute atomic E-state index is 12.7. The van der Waals surface area contributed by atoms with E-state index in [1.807, 2.05) is 83.1 Å². The highest BCUT2D eigenvalue weighted by Crippen LogP contribution is 2.43. The molecule has 0 unspecified atom stereocenters. The summed E-state index contributed by atoms with van der Waals surface area (Å²) in [5, 5.41) is 0. The highest BCUT2D eigenvalue weighted by atomic mass is 79.9. The van der Waals surface area contributed by atoms with Crippen molar-refractivity contribution in [1.29, 1.82) is 0 Å². The predicted octanol–water partition coefficient (Wildman–Crippen LogP) is 8.56. The number of benzene rings is 2. The fourth-order valence-electron chi connectivity index (χ4n) is 4.46. The molecular weight excluding hydrogens is 669 g/mol. The normalized spacial score (nSPS) is 23.2. The highest BCUT2D eigenvalue weighted by Gasteiger charge is 2.63. The van der Waals surface area contributed by atoms with E-state index in [9.17, 15) is 17.6 Å². The summed E-state index contributed by atoms with van der Waals surface area (Å²) in [4.78, 5) is 0. The van der Waals surface area contributed by atoms with Gasteiger partial charge < -0.3 is 27.9 Å². The number of hydrogen-bond donors (Lipinski definition) is 0. The van der Waals surface area contributed by atoms with Crippen molar-refractivity contribution in [1.82, 2.24) is 0 Å². The van der Waals surface area contributed by atoms with Gasteiger partial charge in [-0.05, 0) is 101 Å². The molecule has 6 nitrogen and oxygen atoms in total. The molecule has 5 rings (SSSR count). The Labute approximate surface area is 281 Å². The van der Waals surface area contributed by atoms with E-state index >= 15 is 0 Å². The van der Waals surface area contributed by atoms with Crippen LogP contribution >= 0.6 is 15.9 Å². The number of halogens is 5. The Hall–Kier alpha value is -1.41. The average Bonchev–Trinajstić information content (AvgIpc) is 3.38. The fourth-order valence-corrected chi connectivity index (χ4v) is 4.88. The summed E-state index contributed by atoms with van der Waals surface area (Å²) in [6.07, 6.45) is -4.86. The molecular formula is C32H46B3BrF4O6. The third-order valence-electron chi connectivity index (χ3n) is 9.55. The van der Waals surface area contributed by atoms with Crippen LogP contribution in [0.25, 0.3) is 0 Å². The van der Waals surface area contributed by atoms with Crippen LogP contribution in [0.15, 0.2) is 53.0 Å². The minimum Gasteiger partial charge on any atom is -0.405 e. The maximum Gasteiger partial charge on any atom is 0.494 e. The summed E-state index contributed by atoms with van der Waals surface area (Å²) in [6, 6.07) is 12.3. The molecule has 2 aromatic carbocycles. The maximum atomic E-state index is 12.7. The van der Waals surface area contributed by atoms with Crippen molar-refractivity contribution in [3.8, 4) is 0 Å². The number of hydrogen-bond acceptors (Lipinski definition) is 6. The van der Waals surface area contributed by atoms with Crippen molar-refractivity contribution in [2.75, 3.05) is 0 Å². The van der Waals surface area contributed by atoms with Crippen LogP contribution < -0.4 is 5.46 Å². The third kappa shape index (κ3) is 8.78. The lowest BCUT2D eigenvalue weighted by Crippen LogP contribution is -2.41. The van der Waals surface area contributed by atoms with Gasteiger partial charge in [0, 0.05) is 15.6 Å². The molecule has 0 spiro atoms. The van der Waals surface area contributed by atoms with Crippen molar-refractivity contribution in [3.63, 3.8) is 0 Å². The zero-order chi connectivity index (χ0) is 35.1. The van der Waals surface area contributed by atoms with Crippen molar-refractivity contribution in [2.24, 2.45) is 0 Å². The van der Waals surface area contributed by atoms with E-state index < -0.39 is 45.2 Å². The van der Waals surface area contributed by atoms with Crippen LogP contribution in [0, 0.1) is 0 Å². The lowest BCUT2D eigenvalue weighted by molar-refractivity contribution is 0.00578. The van der Waals surface area contributed by atoms with E-state index in [1.54, 1.807) is 24.3 Å². The van der Waals surface area contributed by atoms with E-state index in [4.69, 9.17) is 27.9 Å². The second-order valence-corrected chi connectivity index (χ2v) is 15.6. The first-order valence-corrected chi connectivity index (χ1v) is 16.1. The quantitative estimate of drug-likeness (QED) is 0.234. The van der Waals surface area contributed by atoms with Crippen LogP contribution in [0.3, 0.4) is 0 Å². The molecule has 254 valence electrons. The summed E-state index contributed by atoms with van der Waals surface area (Å²) in [5.41, 5.74) is -1.69. The van der Waals surface area contributed by atoms with E-state index in [-0.39, 0.29) is 33.5 Å². The van der Waals surface area contributed by atoms with Gasteiger partial charge >= 0.3 is 21.1 Å². The summed E-state index contributed by atoms with van der Waals surface area (Å²) >= 11 is 3.10. The summed E-state index contributed by atoms with van der Waals surface area (Å²) in [6.45, 7) is 23.9. The lowest BCUT2D eigenvalue weighted by Gasteiger charge is -2.32. The van der Waals surface area contributed by atoms with E-state index in [1.165, 1.54) is 24.3 Å². The summed E-state index contributed by atoms with van der Waals surface area (Å²) in [7, 11) is -1.54. The monoisotopic (exact) mass is 714 g/mol. The largest absolute Gasteiger partial charge is 0.494 e. The first-order valence-electron chi connectivity index (χ1n) is 15.3. The van der Waals surface area contributed by atoms with Gasteiger partial charge in [0.15, 0.2) is 0 Å². The minimum atomic E-state index is -2.48. The number of rotatable bonds is 4. The van der Waals surface area contributed by atoms with Gasteiger partial charge in [0.05, 0.1) is 33.6 Å². The number of alkyl halides is 4. The van der Waals surface area contributed by atoms with Crippen molar-refractivity contribution in [2.45, 2.75) is 130 Å². The molecule has 0 atom stereocenters. The lowest BCUT2D eigenvalue weighted by atomic mass is 9.49. The second kappa shape index (κ2) is 13.8. The average molecular weight is 715 g/mol. The van der Waals surface area contributed by atoms with Gasteiger partial charge in [-0.15, -0.1) is 0 Å². The fraction of sp³-hybridized carbons (Fsp3) is 0.625. The van der Waals surface area contributed by atoms with Crippen LogP contribution in [0.4, 0.5) is 17.6 Å². The molecule has 3 saturated heterocycles. The van der Waals surface area contributed by atoms with Crippen LogP contribution in [0.2, 0.25) is 0 Å². The molecule has 0 bridgehead atoms. The Morgan fingerprint density at radius 1 is 0.500 bits per heavy atom. The SMILES string of the molecule is CC1(C)OB(B2OC(C)(C)C(C)(C)O2)OC1(C)C.CC1(C)OB(c2cccc(C(F)F)c2)OC1(C)C.FC(F)c1cccc(Br)c1. The van der Waals surface area contributed by atoms with Gasteiger partial charge in [-0.3, -0.25) is 0 Å². The van der Waals surface area contributed by atoms with Crippen LogP contribution in [0.5, 0.6) is 0 Å². The first kappa shape index (κ1) is 39.0. The van der Waals surface area contributed by atoms with Crippen LogP contribution in [0.1, 0.15) is 107 Å². The van der Waals surface area contributed by atoms with Crippen molar-refractivity contribution in [3.05, 3.63) is 64.1 Å².